The molecule has 0 bridgehead atoms. The smallest absolute Gasteiger partial charge is 0.266 e. The van der Waals surface area contributed by atoms with Crippen molar-refractivity contribution in [3.05, 3.63) is 51.9 Å². The molecule has 1 aromatic carbocycles. The highest BCUT2D eigenvalue weighted by Gasteiger charge is 2.26. The van der Waals surface area contributed by atoms with Gasteiger partial charge in [-0.15, -0.1) is 0 Å². The summed E-state index contributed by atoms with van der Waals surface area (Å²) in [4.78, 5) is 26.1. The van der Waals surface area contributed by atoms with Crippen molar-refractivity contribution >= 4 is 17.3 Å². The van der Waals surface area contributed by atoms with E-state index in [2.05, 4.69) is 27.3 Å². The third kappa shape index (κ3) is 3.64. The Labute approximate surface area is 140 Å². The summed E-state index contributed by atoms with van der Waals surface area (Å²) >= 11 is 0. The monoisotopic (exact) mass is 326 g/mol. The van der Waals surface area contributed by atoms with E-state index in [0.29, 0.717) is 6.54 Å². The number of carbonyl (C=O) groups excluding carboxylic acids is 1. The van der Waals surface area contributed by atoms with Crippen molar-refractivity contribution in [1.29, 1.82) is 0 Å². The molecule has 0 unspecified atom stereocenters. The number of anilines is 2. The summed E-state index contributed by atoms with van der Waals surface area (Å²) in [5.74, 6) is -0.0691. The van der Waals surface area contributed by atoms with Crippen molar-refractivity contribution in [2.45, 2.75) is 26.7 Å². The van der Waals surface area contributed by atoms with Gasteiger partial charge in [-0.2, -0.15) is 5.10 Å². The number of hydrogen-bond donors (Lipinski definition) is 2. The van der Waals surface area contributed by atoms with Crippen LogP contribution >= 0.6 is 0 Å². The third-order valence-corrected chi connectivity index (χ3v) is 4.58. The Morgan fingerprint density at radius 1 is 1.29 bits per heavy atom. The van der Waals surface area contributed by atoms with Crippen LogP contribution in [0.1, 0.15) is 24.0 Å². The molecular weight excluding hydrogens is 304 g/mol. The lowest BCUT2D eigenvalue weighted by Gasteiger charge is -2.33. The molecule has 3 rings (SSSR count). The molecule has 2 aromatic rings. The maximum absolute atomic E-state index is 12.6. The fourth-order valence-corrected chi connectivity index (χ4v) is 3.03. The molecule has 0 radical (unpaired) electrons. The van der Waals surface area contributed by atoms with Gasteiger partial charge >= 0.3 is 0 Å². The van der Waals surface area contributed by atoms with Crippen molar-refractivity contribution < 1.29 is 4.79 Å². The SMILES string of the molecule is Cc1ccc(NC(=O)[C@H]2CCCN(c3cn[nH]c(=O)c3)C2)cc1C. The average molecular weight is 326 g/mol. The molecule has 6 heteroatoms. The number of piperidine rings is 1. The van der Waals surface area contributed by atoms with E-state index in [4.69, 9.17) is 0 Å². The van der Waals surface area contributed by atoms with Crippen LogP contribution in [0.4, 0.5) is 11.4 Å². The topological polar surface area (TPSA) is 78.1 Å². The van der Waals surface area contributed by atoms with Gasteiger partial charge in [0.15, 0.2) is 0 Å². The number of nitrogens with one attached hydrogen (secondary N) is 2. The van der Waals surface area contributed by atoms with Crippen LogP contribution in [0.3, 0.4) is 0 Å². The number of aromatic nitrogens is 2. The minimum atomic E-state index is -0.228. The molecule has 24 heavy (non-hydrogen) atoms. The Morgan fingerprint density at radius 2 is 2.12 bits per heavy atom. The molecule has 126 valence electrons. The lowest BCUT2D eigenvalue weighted by molar-refractivity contribution is -0.120. The first-order valence-corrected chi connectivity index (χ1v) is 8.21. The Morgan fingerprint density at radius 3 is 2.88 bits per heavy atom. The molecule has 0 spiro atoms. The Hall–Kier alpha value is -2.63. The van der Waals surface area contributed by atoms with Crippen LogP contribution in [-0.4, -0.2) is 29.2 Å². The van der Waals surface area contributed by atoms with Crippen LogP contribution in [-0.2, 0) is 4.79 Å². The molecule has 1 aliphatic rings. The van der Waals surface area contributed by atoms with E-state index in [1.54, 1.807) is 6.20 Å². The lowest BCUT2D eigenvalue weighted by Crippen LogP contribution is -2.41. The number of rotatable bonds is 3. The van der Waals surface area contributed by atoms with Gasteiger partial charge in [-0.05, 0) is 49.9 Å². The maximum atomic E-state index is 12.6. The van der Waals surface area contributed by atoms with Gasteiger partial charge in [-0.25, -0.2) is 5.10 Å². The highest BCUT2D eigenvalue weighted by molar-refractivity contribution is 5.93. The fraction of sp³-hybridized carbons (Fsp3) is 0.389. The van der Waals surface area contributed by atoms with Crippen LogP contribution in [0.5, 0.6) is 0 Å². The molecule has 1 atom stereocenters. The van der Waals surface area contributed by atoms with Crippen LogP contribution in [0.15, 0.2) is 35.3 Å². The maximum Gasteiger partial charge on any atom is 0.266 e. The first-order valence-electron chi connectivity index (χ1n) is 8.21. The van der Waals surface area contributed by atoms with Crippen LogP contribution in [0.2, 0.25) is 0 Å². The normalized spacial score (nSPS) is 17.6. The van der Waals surface area contributed by atoms with Gasteiger partial charge < -0.3 is 10.2 Å². The quantitative estimate of drug-likeness (QED) is 0.907. The van der Waals surface area contributed by atoms with Crippen LogP contribution in [0, 0.1) is 19.8 Å². The summed E-state index contributed by atoms with van der Waals surface area (Å²) in [5, 5.41) is 9.22. The van der Waals surface area contributed by atoms with Crippen molar-refractivity contribution in [2.24, 2.45) is 5.92 Å². The van der Waals surface area contributed by atoms with E-state index in [0.717, 1.165) is 36.3 Å². The standard InChI is InChI=1S/C18H22N4O2/c1-12-5-6-15(8-13(12)2)20-18(24)14-4-3-7-22(11-14)16-9-17(23)21-19-10-16/h5-6,8-10,14H,3-4,7,11H2,1-2H3,(H,20,24)(H,21,23)/t14-/m0/s1. The molecule has 1 fully saturated rings. The molecule has 6 nitrogen and oxygen atoms in total. The van der Waals surface area contributed by atoms with Crippen molar-refractivity contribution in [1.82, 2.24) is 10.2 Å². The second-order valence-corrected chi connectivity index (χ2v) is 6.38. The van der Waals surface area contributed by atoms with Gasteiger partial charge in [-0.3, -0.25) is 9.59 Å². The van der Waals surface area contributed by atoms with E-state index < -0.39 is 0 Å². The molecule has 1 aromatic heterocycles. The number of nitrogens with zero attached hydrogens (tertiary/aromatic N) is 2. The van der Waals surface area contributed by atoms with E-state index in [1.807, 2.05) is 25.1 Å². The first kappa shape index (κ1) is 16.2. The van der Waals surface area contributed by atoms with Crippen molar-refractivity contribution in [3.8, 4) is 0 Å². The highest BCUT2D eigenvalue weighted by Crippen LogP contribution is 2.23. The van der Waals surface area contributed by atoms with E-state index in [-0.39, 0.29) is 17.4 Å². The van der Waals surface area contributed by atoms with E-state index >= 15 is 0 Å². The van der Waals surface area contributed by atoms with Gasteiger partial charge in [0, 0.05) is 24.8 Å². The Bertz CT molecular complexity index is 800. The Kier molecular flexibility index (Phi) is 4.64. The second kappa shape index (κ2) is 6.86. The zero-order valence-corrected chi connectivity index (χ0v) is 14.0. The molecule has 1 amide bonds. The van der Waals surface area contributed by atoms with Gasteiger partial charge in [0.25, 0.3) is 5.56 Å². The predicted octanol–water partition coefficient (Wildman–Crippen LogP) is 2.24. The summed E-state index contributed by atoms with van der Waals surface area (Å²) in [6.45, 7) is 5.52. The van der Waals surface area contributed by atoms with E-state index in [9.17, 15) is 9.59 Å². The molecule has 0 saturated carbocycles. The number of amides is 1. The van der Waals surface area contributed by atoms with Gasteiger partial charge in [0.05, 0.1) is 17.8 Å². The van der Waals surface area contributed by atoms with Crippen molar-refractivity contribution in [2.75, 3.05) is 23.3 Å². The van der Waals surface area contributed by atoms with Gasteiger partial charge in [0.1, 0.15) is 0 Å². The summed E-state index contributed by atoms with van der Waals surface area (Å²) in [5.41, 5.74) is 3.74. The summed E-state index contributed by atoms with van der Waals surface area (Å²) in [7, 11) is 0. The number of carbonyl (C=O) groups is 1. The molecule has 1 aliphatic heterocycles. The fourth-order valence-electron chi connectivity index (χ4n) is 3.03. The lowest BCUT2D eigenvalue weighted by atomic mass is 9.96. The number of H-pyrrole nitrogens is 1. The number of aryl methyl sites for hydroxylation is 2. The number of aromatic amines is 1. The molecule has 1 saturated heterocycles. The largest absolute Gasteiger partial charge is 0.369 e. The van der Waals surface area contributed by atoms with Crippen LogP contribution < -0.4 is 15.8 Å². The molecule has 0 aliphatic carbocycles. The number of benzene rings is 1. The predicted molar refractivity (Wildman–Crippen MR) is 94.3 cm³/mol. The van der Waals surface area contributed by atoms with Crippen molar-refractivity contribution in [3.63, 3.8) is 0 Å². The molecular formula is C18H22N4O2. The van der Waals surface area contributed by atoms with E-state index in [1.165, 1.54) is 11.6 Å². The summed E-state index contributed by atoms with van der Waals surface area (Å²) in [6.07, 6.45) is 3.40. The van der Waals surface area contributed by atoms with Gasteiger partial charge in [-0.1, -0.05) is 6.07 Å². The number of hydrogen-bond acceptors (Lipinski definition) is 4. The van der Waals surface area contributed by atoms with Gasteiger partial charge in [0.2, 0.25) is 5.91 Å². The second-order valence-electron chi connectivity index (χ2n) is 6.38. The Balaban J connectivity index is 1.68. The molecule has 2 heterocycles. The average Bonchev–Trinajstić information content (AvgIpc) is 2.58. The van der Waals surface area contributed by atoms with Crippen LogP contribution in [0.25, 0.3) is 0 Å². The minimum absolute atomic E-state index is 0.0285. The zero-order valence-electron chi connectivity index (χ0n) is 14.0. The third-order valence-electron chi connectivity index (χ3n) is 4.58. The molecule has 2 N–H and O–H groups in total. The summed E-state index contributed by atoms with van der Waals surface area (Å²) in [6, 6.07) is 7.46. The summed E-state index contributed by atoms with van der Waals surface area (Å²) < 4.78 is 0. The zero-order chi connectivity index (χ0) is 17.1. The minimum Gasteiger partial charge on any atom is -0.369 e. The first-order chi connectivity index (χ1) is 11.5. The highest BCUT2D eigenvalue weighted by atomic mass is 16.2.